The molecule has 0 heterocycles. The van der Waals surface area contributed by atoms with Gasteiger partial charge in [-0.1, -0.05) is 36.4 Å². The number of carbonyl (C=O) groups is 1. The Bertz CT molecular complexity index is 1180. The normalized spacial score (nSPS) is 13.6. The van der Waals surface area contributed by atoms with Gasteiger partial charge in [-0.05, 0) is 65.8 Å². The third-order valence-corrected chi connectivity index (χ3v) is 5.58. The van der Waals surface area contributed by atoms with Crippen molar-refractivity contribution in [3.8, 4) is 16.9 Å². The minimum absolute atomic E-state index is 0.000271. The lowest BCUT2D eigenvalue weighted by Gasteiger charge is -2.11. The van der Waals surface area contributed by atoms with E-state index in [0.717, 1.165) is 23.3 Å². The topological polar surface area (TPSA) is 95.5 Å². The van der Waals surface area contributed by atoms with Gasteiger partial charge in [-0.25, -0.2) is 8.42 Å². The molecule has 1 aliphatic carbocycles. The lowest BCUT2D eigenvalue weighted by Crippen LogP contribution is -2.13. The van der Waals surface area contributed by atoms with Gasteiger partial charge >= 0.3 is 0 Å². The molecule has 1 amide bonds. The SMILES string of the molecule is CS(=O)(=O)Nc1cc(NC(=O)c2ccc(-c3ccc(C4CC4)cc3)cc2)ccc1O. The van der Waals surface area contributed by atoms with Crippen molar-refractivity contribution in [2.24, 2.45) is 0 Å². The smallest absolute Gasteiger partial charge is 0.255 e. The molecule has 0 spiro atoms. The largest absolute Gasteiger partial charge is 0.506 e. The molecule has 7 heteroatoms. The summed E-state index contributed by atoms with van der Waals surface area (Å²) in [5.41, 5.74) is 4.34. The van der Waals surface area contributed by atoms with Crippen molar-refractivity contribution in [2.45, 2.75) is 18.8 Å². The molecule has 0 aromatic heterocycles. The minimum Gasteiger partial charge on any atom is -0.506 e. The molecule has 1 aliphatic rings. The summed E-state index contributed by atoms with van der Waals surface area (Å²) in [5, 5.41) is 12.5. The number of hydrogen-bond donors (Lipinski definition) is 3. The maximum absolute atomic E-state index is 12.6. The van der Waals surface area contributed by atoms with E-state index in [2.05, 4.69) is 34.3 Å². The summed E-state index contributed by atoms with van der Waals surface area (Å²) < 4.78 is 25.0. The van der Waals surface area contributed by atoms with Gasteiger partial charge in [0.2, 0.25) is 10.0 Å². The zero-order valence-electron chi connectivity index (χ0n) is 16.4. The van der Waals surface area contributed by atoms with Crippen LogP contribution in [0.2, 0.25) is 0 Å². The van der Waals surface area contributed by atoms with Crippen LogP contribution in [0, 0.1) is 0 Å². The number of carbonyl (C=O) groups excluding carboxylic acids is 1. The quantitative estimate of drug-likeness (QED) is 0.401. The summed E-state index contributed by atoms with van der Waals surface area (Å²) in [7, 11) is -3.56. The standard InChI is InChI=1S/C23H22N2O4S/c1-30(28,29)25-21-14-20(12-13-22(21)26)24-23(27)19-10-8-18(9-11-19)17-6-4-16(5-7-17)15-2-3-15/h4-15,25-26H,2-3H2,1H3,(H,24,27). The molecule has 3 N–H and O–H groups in total. The summed E-state index contributed by atoms with van der Waals surface area (Å²) in [6, 6.07) is 20.0. The van der Waals surface area contributed by atoms with Crippen LogP contribution in [0.4, 0.5) is 11.4 Å². The average molecular weight is 423 g/mol. The van der Waals surface area contributed by atoms with E-state index >= 15 is 0 Å². The molecule has 0 aliphatic heterocycles. The second-order valence-electron chi connectivity index (χ2n) is 7.53. The van der Waals surface area contributed by atoms with Crippen molar-refractivity contribution in [3.63, 3.8) is 0 Å². The van der Waals surface area contributed by atoms with E-state index in [1.165, 1.54) is 36.6 Å². The number of phenolic OH excluding ortho intramolecular Hbond substituents is 1. The third kappa shape index (κ3) is 4.80. The van der Waals surface area contributed by atoms with E-state index in [1.54, 1.807) is 12.1 Å². The fourth-order valence-corrected chi connectivity index (χ4v) is 3.84. The second kappa shape index (κ2) is 7.84. The lowest BCUT2D eigenvalue weighted by molar-refractivity contribution is 0.102. The molecule has 0 atom stereocenters. The highest BCUT2D eigenvalue weighted by molar-refractivity contribution is 7.92. The van der Waals surface area contributed by atoms with Crippen LogP contribution in [0.5, 0.6) is 5.75 Å². The first-order valence-electron chi connectivity index (χ1n) is 9.61. The first-order chi connectivity index (χ1) is 14.3. The van der Waals surface area contributed by atoms with Crippen molar-refractivity contribution in [1.29, 1.82) is 0 Å². The summed E-state index contributed by atoms with van der Waals surface area (Å²) in [5.74, 6) is 0.162. The Kier molecular flexibility index (Phi) is 5.22. The Morgan fingerprint density at radius 1 is 0.933 bits per heavy atom. The summed E-state index contributed by atoms with van der Waals surface area (Å²) >= 11 is 0. The van der Waals surface area contributed by atoms with Gasteiger partial charge in [0.25, 0.3) is 5.91 Å². The average Bonchev–Trinajstić information content (AvgIpc) is 3.55. The molecule has 0 unspecified atom stereocenters. The number of nitrogens with one attached hydrogen (secondary N) is 2. The lowest BCUT2D eigenvalue weighted by atomic mass is 10.0. The predicted molar refractivity (Wildman–Crippen MR) is 118 cm³/mol. The molecule has 3 aromatic carbocycles. The first-order valence-corrected chi connectivity index (χ1v) is 11.5. The van der Waals surface area contributed by atoms with Crippen LogP contribution in [-0.4, -0.2) is 25.7 Å². The fraction of sp³-hybridized carbons (Fsp3) is 0.174. The van der Waals surface area contributed by atoms with Gasteiger partial charge in [0.1, 0.15) is 5.75 Å². The van der Waals surface area contributed by atoms with E-state index in [4.69, 9.17) is 0 Å². The highest BCUT2D eigenvalue weighted by Crippen LogP contribution is 2.40. The van der Waals surface area contributed by atoms with Crippen LogP contribution in [0.15, 0.2) is 66.7 Å². The highest BCUT2D eigenvalue weighted by atomic mass is 32.2. The maximum atomic E-state index is 12.6. The molecule has 1 saturated carbocycles. The number of anilines is 2. The van der Waals surface area contributed by atoms with E-state index < -0.39 is 10.0 Å². The molecular weight excluding hydrogens is 400 g/mol. The van der Waals surface area contributed by atoms with Gasteiger partial charge in [-0.15, -0.1) is 0 Å². The van der Waals surface area contributed by atoms with Crippen LogP contribution >= 0.6 is 0 Å². The zero-order chi connectivity index (χ0) is 21.3. The van der Waals surface area contributed by atoms with Gasteiger partial charge in [-0.2, -0.15) is 0 Å². The number of hydrogen-bond acceptors (Lipinski definition) is 4. The van der Waals surface area contributed by atoms with Gasteiger partial charge in [0, 0.05) is 11.3 Å². The van der Waals surface area contributed by atoms with Crippen molar-refractivity contribution in [2.75, 3.05) is 16.3 Å². The Morgan fingerprint density at radius 3 is 2.10 bits per heavy atom. The van der Waals surface area contributed by atoms with E-state index in [1.807, 2.05) is 12.1 Å². The van der Waals surface area contributed by atoms with Gasteiger partial charge in [-0.3, -0.25) is 9.52 Å². The second-order valence-corrected chi connectivity index (χ2v) is 9.28. The van der Waals surface area contributed by atoms with Gasteiger partial charge in [0.15, 0.2) is 0 Å². The first kappa shape index (κ1) is 20.0. The Morgan fingerprint density at radius 2 is 1.53 bits per heavy atom. The van der Waals surface area contributed by atoms with Crippen LogP contribution < -0.4 is 10.0 Å². The Hall–Kier alpha value is -3.32. The van der Waals surface area contributed by atoms with E-state index in [0.29, 0.717) is 11.3 Å². The molecule has 0 radical (unpaired) electrons. The number of aromatic hydroxyl groups is 1. The molecule has 154 valence electrons. The molecule has 30 heavy (non-hydrogen) atoms. The number of benzene rings is 3. The molecule has 1 fully saturated rings. The predicted octanol–water partition coefficient (Wildman–Crippen LogP) is 4.56. The monoisotopic (exact) mass is 422 g/mol. The number of phenols is 1. The van der Waals surface area contributed by atoms with E-state index in [9.17, 15) is 18.3 Å². The molecular formula is C23H22N2O4S. The van der Waals surface area contributed by atoms with Crippen molar-refractivity contribution >= 4 is 27.3 Å². The van der Waals surface area contributed by atoms with Crippen LogP contribution in [0.3, 0.4) is 0 Å². The zero-order valence-corrected chi connectivity index (χ0v) is 17.2. The maximum Gasteiger partial charge on any atom is 0.255 e. The summed E-state index contributed by atoms with van der Waals surface area (Å²) in [6.07, 6.45) is 3.53. The highest BCUT2D eigenvalue weighted by Gasteiger charge is 2.23. The van der Waals surface area contributed by atoms with Crippen LogP contribution in [-0.2, 0) is 10.0 Å². The van der Waals surface area contributed by atoms with E-state index in [-0.39, 0.29) is 17.3 Å². The molecule has 4 rings (SSSR count). The van der Waals surface area contributed by atoms with Crippen molar-refractivity contribution in [1.82, 2.24) is 0 Å². The number of rotatable bonds is 6. The molecule has 3 aromatic rings. The van der Waals surface area contributed by atoms with Crippen molar-refractivity contribution < 1.29 is 18.3 Å². The Balaban J connectivity index is 1.46. The molecule has 0 bridgehead atoms. The summed E-state index contributed by atoms with van der Waals surface area (Å²) in [4.78, 5) is 12.6. The number of amides is 1. The van der Waals surface area contributed by atoms with Crippen molar-refractivity contribution in [3.05, 3.63) is 77.9 Å². The van der Waals surface area contributed by atoms with Crippen LogP contribution in [0.25, 0.3) is 11.1 Å². The fourth-order valence-electron chi connectivity index (χ4n) is 3.28. The third-order valence-electron chi connectivity index (χ3n) is 4.99. The van der Waals surface area contributed by atoms with Gasteiger partial charge in [0.05, 0.1) is 11.9 Å². The molecule has 0 saturated heterocycles. The minimum atomic E-state index is -3.56. The molecule has 6 nitrogen and oxygen atoms in total. The van der Waals surface area contributed by atoms with Gasteiger partial charge < -0.3 is 10.4 Å². The summed E-state index contributed by atoms with van der Waals surface area (Å²) in [6.45, 7) is 0. The number of sulfonamides is 1. The Labute approximate surface area is 175 Å². The van der Waals surface area contributed by atoms with Crippen LogP contribution in [0.1, 0.15) is 34.7 Å².